The van der Waals surface area contributed by atoms with Crippen LogP contribution in [0.25, 0.3) is 0 Å². The number of hydrogen-bond donors (Lipinski definition) is 4. The average Bonchev–Trinajstić information content (AvgIpc) is 2.74. The molecular weight excluding hydrogens is 448 g/mol. The molecule has 180 valence electrons. The summed E-state index contributed by atoms with van der Waals surface area (Å²) in [7, 11) is -3.69. The number of nitrogens with one attached hydrogen (secondary N) is 2. The van der Waals surface area contributed by atoms with Gasteiger partial charge in [-0.25, -0.2) is 0 Å². The number of amides is 2. The maximum atomic E-state index is 12.2. The molecule has 2 rings (SSSR count). The third-order valence-electron chi connectivity index (χ3n) is 5.38. The van der Waals surface area contributed by atoms with Gasteiger partial charge in [0.1, 0.15) is 0 Å². The Morgan fingerprint density at radius 1 is 0.697 bits per heavy atom. The highest BCUT2D eigenvalue weighted by molar-refractivity contribution is 6.84. The minimum Gasteiger partial charge on any atom is -0.455 e. The lowest BCUT2D eigenvalue weighted by Crippen LogP contribution is -2.45. The van der Waals surface area contributed by atoms with Gasteiger partial charge in [0.15, 0.2) is 16.6 Å². The van der Waals surface area contributed by atoms with E-state index in [2.05, 4.69) is 36.8 Å². The number of carbonyl (C=O) groups excluding carboxylic acids is 2. The summed E-state index contributed by atoms with van der Waals surface area (Å²) in [4.78, 5) is 24.4. The first-order valence-corrected chi connectivity index (χ1v) is 17.7. The molecule has 0 unspecified atom stereocenters. The first-order valence-electron chi connectivity index (χ1n) is 11.5. The van der Waals surface area contributed by atoms with Gasteiger partial charge in [-0.1, -0.05) is 0 Å². The predicted octanol–water partition coefficient (Wildman–Crippen LogP) is 4.22. The molecule has 0 aromatic heterocycles. The van der Waals surface area contributed by atoms with Gasteiger partial charge in [-0.3, -0.25) is 9.59 Å². The van der Waals surface area contributed by atoms with Crippen molar-refractivity contribution < 1.29 is 13.7 Å². The fourth-order valence-electron chi connectivity index (χ4n) is 3.76. The van der Waals surface area contributed by atoms with Crippen molar-refractivity contribution in [1.82, 2.24) is 10.6 Å². The van der Waals surface area contributed by atoms with E-state index in [1.807, 2.05) is 0 Å². The van der Waals surface area contributed by atoms with Gasteiger partial charge in [0.25, 0.3) is 11.8 Å². The van der Waals surface area contributed by atoms with Crippen molar-refractivity contribution in [2.24, 2.45) is 0 Å². The number of nitrogens with two attached hydrogens (primary N) is 2. The summed E-state index contributed by atoms with van der Waals surface area (Å²) in [6.07, 6.45) is 1.78. The van der Waals surface area contributed by atoms with Crippen LogP contribution in [0.4, 0.5) is 11.4 Å². The molecule has 0 saturated carbocycles. The first-order chi connectivity index (χ1) is 15.5. The predicted molar refractivity (Wildman–Crippen MR) is 141 cm³/mol. The largest absolute Gasteiger partial charge is 0.455 e. The number of carbonyl (C=O) groups is 2. The van der Waals surface area contributed by atoms with E-state index in [0.29, 0.717) is 35.6 Å². The van der Waals surface area contributed by atoms with E-state index in [4.69, 9.17) is 15.6 Å². The second-order valence-electron chi connectivity index (χ2n) is 9.58. The molecule has 0 aliphatic heterocycles. The van der Waals surface area contributed by atoms with Crippen molar-refractivity contribution in [3.8, 4) is 0 Å². The van der Waals surface area contributed by atoms with Crippen LogP contribution in [0.15, 0.2) is 48.5 Å². The van der Waals surface area contributed by atoms with Crippen LogP contribution in [0.5, 0.6) is 0 Å². The Kier molecular flexibility index (Phi) is 9.69. The molecule has 0 fully saturated rings. The zero-order chi connectivity index (χ0) is 24.5. The number of rotatable bonds is 12. The molecule has 7 nitrogen and oxygen atoms in total. The summed E-state index contributed by atoms with van der Waals surface area (Å²) < 4.78 is 6.66. The van der Waals surface area contributed by atoms with E-state index in [1.165, 1.54) is 0 Å². The van der Waals surface area contributed by atoms with Crippen LogP contribution >= 0.6 is 0 Å². The van der Waals surface area contributed by atoms with Gasteiger partial charge in [0.05, 0.1) is 0 Å². The zero-order valence-corrected chi connectivity index (χ0v) is 22.2. The second kappa shape index (κ2) is 12.0. The second-order valence-corrected chi connectivity index (χ2v) is 18.4. The van der Waals surface area contributed by atoms with Crippen molar-refractivity contribution >= 4 is 39.8 Å². The summed E-state index contributed by atoms with van der Waals surface area (Å²) >= 11 is 0. The normalized spacial score (nSPS) is 11.8. The van der Waals surface area contributed by atoms with Crippen LogP contribution in [-0.4, -0.2) is 41.5 Å². The van der Waals surface area contributed by atoms with Crippen LogP contribution in [-0.2, 0) is 4.12 Å². The first kappa shape index (κ1) is 26.6. The zero-order valence-electron chi connectivity index (χ0n) is 20.2. The molecule has 33 heavy (non-hydrogen) atoms. The fourth-order valence-corrected chi connectivity index (χ4v) is 12.6. The molecule has 2 aromatic rings. The molecule has 0 aliphatic rings. The Morgan fingerprint density at radius 3 is 1.36 bits per heavy atom. The average molecular weight is 487 g/mol. The summed E-state index contributed by atoms with van der Waals surface area (Å²) in [5, 5.41) is 5.95. The molecule has 6 N–H and O–H groups in total. The molecule has 2 amide bonds. The van der Waals surface area contributed by atoms with E-state index in [0.717, 1.165) is 24.9 Å². The fraction of sp³-hybridized carbons (Fsp3) is 0.417. The van der Waals surface area contributed by atoms with E-state index < -0.39 is 16.6 Å². The summed E-state index contributed by atoms with van der Waals surface area (Å²) in [5.74, 6) is -0.155. The summed E-state index contributed by atoms with van der Waals surface area (Å²) in [6, 6.07) is 15.8. The number of benzene rings is 2. The van der Waals surface area contributed by atoms with Gasteiger partial charge in [0, 0.05) is 35.6 Å². The molecule has 0 spiro atoms. The molecular formula is C24H38N4O3Si2. The number of hydrogen-bond acceptors (Lipinski definition) is 5. The summed E-state index contributed by atoms with van der Waals surface area (Å²) in [6.45, 7) is 10.2. The molecule has 0 heterocycles. The Balaban J connectivity index is 1.67. The minimum atomic E-state index is -1.84. The third kappa shape index (κ3) is 9.81. The summed E-state index contributed by atoms with van der Waals surface area (Å²) in [5.41, 5.74) is 13.9. The van der Waals surface area contributed by atoms with Crippen molar-refractivity contribution in [1.29, 1.82) is 0 Å². The number of nitrogen functional groups attached to an aromatic ring is 2. The lowest BCUT2D eigenvalue weighted by atomic mass is 10.2. The van der Waals surface area contributed by atoms with Crippen LogP contribution in [0.2, 0.25) is 38.3 Å². The Morgan fingerprint density at radius 2 is 1.03 bits per heavy atom. The quantitative estimate of drug-likeness (QED) is 0.203. The Hall–Kier alpha value is -2.63. The van der Waals surface area contributed by atoms with Crippen LogP contribution in [0, 0.1) is 0 Å². The SMILES string of the molecule is C[Si](C)(CCCNC(=O)c1ccc(N)cc1)O[Si](C)(C)CCCNC(=O)c1ccc(N)cc1. The minimum absolute atomic E-state index is 0.0777. The van der Waals surface area contributed by atoms with Crippen LogP contribution in [0.3, 0.4) is 0 Å². The third-order valence-corrected chi connectivity index (χ3v) is 12.9. The van der Waals surface area contributed by atoms with Crippen molar-refractivity contribution in [2.45, 2.75) is 51.1 Å². The van der Waals surface area contributed by atoms with Crippen molar-refractivity contribution in [3.05, 3.63) is 59.7 Å². The molecule has 0 radical (unpaired) electrons. The lowest BCUT2D eigenvalue weighted by molar-refractivity contribution is 0.0945. The van der Waals surface area contributed by atoms with Crippen LogP contribution in [0.1, 0.15) is 33.6 Å². The van der Waals surface area contributed by atoms with Crippen LogP contribution < -0.4 is 22.1 Å². The van der Waals surface area contributed by atoms with E-state index in [9.17, 15) is 9.59 Å². The Bertz CT molecular complexity index is 841. The van der Waals surface area contributed by atoms with Crippen molar-refractivity contribution in [2.75, 3.05) is 24.6 Å². The Labute approximate surface area is 199 Å². The smallest absolute Gasteiger partial charge is 0.251 e. The molecule has 0 aliphatic carbocycles. The molecule has 0 saturated heterocycles. The van der Waals surface area contributed by atoms with E-state index >= 15 is 0 Å². The van der Waals surface area contributed by atoms with Gasteiger partial charge in [0.2, 0.25) is 0 Å². The molecule has 9 heteroatoms. The highest BCUT2D eigenvalue weighted by Crippen LogP contribution is 2.23. The highest BCUT2D eigenvalue weighted by atomic mass is 28.4. The van der Waals surface area contributed by atoms with Gasteiger partial charge >= 0.3 is 0 Å². The van der Waals surface area contributed by atoms with Gasteiger partial charge in [-0.05, 0) is 99.6 Å². The van der Waals surface area contributed by atoms with E-state index in [1.54, 1.807) is 48.5 Å². The standard InChI is InChI=1S/C24H38N4O3Si2/c1-32(2,17-5-15-27-23(29)19-7-11-21(25)12-8-19)31-33(3,4)18-6-16-28-24(30)20-9-13-22(26)14-10-20/h7-14H,5-6,15-18,25-26H2,1-4H3,(H,27,29)(H,28,30). The molecule has 0 atom stereocenters. The van der Waals surface area contributed by atoms with Crippen molar-refractivity contribution in [3.63, 3.8) is 0 Å². The topological polar surface area (TPSA) is 119 Å². The maximum absolute atomic E-state index is 12.2. The maximum Gasteiger partial charge on any atom is 0.251 e. The lowest BCUT2D eigenvalue weighted by Gasteiger charge is -2.34. The number of anilines is 2. The van der Waals surface area contributed by atoms with Gasteiger partial charge in [-0.2, -0.15) is 0 Å². The monoisotopic (exact) mass is 486 g/mol. The molecule has 2 aromatic carbocycles. The van der Waals surface area contributed by atoms with Gasteiger partial charge < -0.3 is 26.2 Å². The van der Waals surface area contributed by atoms with Gasteiger partial charge in [-0.15, -0.1) is 0 Å². The van der Waals surface area contributed by atoms with E-state index in [-0.39, 0.29) is 11.8 Å². The molecule has 0 bridgehead atoms. The highest BCUT2D eigenvalue weighted by Gasteiger charge is 2.32.